The second kappa shape index (κ2) is 15.9. The topological polar surface area (TPSA) is 133 Å². The molecule has 1 saturated heterocycles. The van der Waals surface area contributed by atoms with Crippen LogP contribution in [0.2, 0.25) is 0 Å². The molecule has 2 aliphatic rings. The van der Waals surface area contributed by atoms with E-state index < -0.39 is 52.0 Å². The summed E-state index contributed by atoms with van der Waals surface area (Å²) in [5.74, 6) is -1.82. The Balaban J connectivity index is 1.71. The van der Waals surface area contributed by atoms with E-state index in [0.717, 1.165) is 0 Å². The number of hydrogen-bond acceptors (Lipinski definition) is 11. The van der Waals surface area contributed by atoms with Crippen LogP contribution in [-0.4, -0.2) is 83.1 Å². The number of benzene rings is 2. The summed E-state index contributed by atoms with van der Waals surface area (Å²) in [5, 5.41) is 0. The average molecular weight is 673 g/mol. The molecule has 256 valence electrons. The first-order chi connectivity index (χ1) is 22.3. The van der Waals surface area contributed by atoms with Gasteiger partial charge in [-0.15, -0.1) is 0 Å². The van der Waals surface area contributed by atoms with Crippen LogP contribution in [0.5, 0.6) is 11.5 Å². The maximum Gasteiger partial charge on any atom is 0.342 e. The number of methoxy groups -OCH3 is 1. The highest BCUT2D eigenvalue weighted by atomic mass is 32.2. The summed E-state index contributed by atoms with van der Waals surface area (Å²) in [4.78, 5) is 26.9. The fraction of sp³-hybridized carbons (Fsp3) is 0.486. The normalized spacial score (nSPS) is 25.1. The van der Waals surface area contributed by atoms with Crippen molar-refractivity contribution in [1.82, 2.24) is 0 Å². The Labute approximate surface area is 276 Å². The van der Waals surface area contributed by atoms with Crippen LogP contribution in [0.1, 0.15) is 66.8 Å². The fourth-order valence-corrected chi connectivity index (χ4v) is 5.84. The monoisotopic (exact) mass is 672 g/mol. The smallest absolute Gasteiger partial charge is 0.342 e. The second-order valence-electron chi connectivity index (χ2n) is 12.1. The lowest BCUT2D eigenvalue weighted by Crippen LogP contribution is -2.37. The highest BCUT2D eigenvalue weighted by Crippen LogP contribution is 2.36. The fourth-order valence-electron chi connectivity index (χ4n) is 5.20. The molecule has 2 aromatic rings. The Morgan fingerprint density at radius 3 is 2.49 bits per heavy atom. The summed E-state index contributed by atoms with van der Waals surface area (Å²) >= 11 is 0. The quantitative estimate of drug-likeness (QED) is 0.139. The van der Waals surface area contributed by atoms with Crippen LogP contribution in [0.4, 0.5) is 0 Å². The van der Waals surface area contributed by atoms with Gasteiger partial charge in [0.05, 0.1) is 24.0 Å². The van der Waals surface area contributed by atoms with Gasteiger partial charge < -0.3 is 33.2 Å². The lowest BCUT2D eigenvalue weighted by atomic mass is 9.98. The van der Waals surface area contributed by atoms with E-state index in [1.54, 1.807) is 69.3 Å². The molecule has 0 radical (unpaired) electrons. The molecule has 0 bridgehead atoms. The van der Waals surface area contributed by atoms with Crippen molar-refractivity contribution in [3.63, 3.8) is 0 Å². The highest BCUT2D eigenvalue weighted by Gasteiger charge is 2.45. The molecule has 0 spiro atoms. The van der Waals surface area contributed by atoms with E-state index in [2.05, 4.69) is 0 Å². The summed E-state index contributed by atoms with van der Waals surface area (Å²) < 4.78 is 64.5. The van der Waals surface area contributed by atoms with E-state index in [4.69, 9.17) is 33.2 Å². The number of hydrogen-bond donors (Lipinski definition) is 0. The number of cyclic esters (lactones) is 1. The standard InChI is InChI=1S/C35H44O11S/c1-23-16-17-28(44-33(36)25-12-8-7-9-13-25)32-29(45-35(3,4)46-32)15-10-14-26-20-27(41-18-11-19-47(6,38)39)21-30(42-22-40-5)31(26)34(37)43-24(23)2/h7-10,12-14,16-17,20-21,23-24,28-29,32H,11,15,18-19,22H2,1-6H3/b14-10?,17-16-/t23-,24+,28?,29+,32?/m1/s1. The minimum atomic E-state index is -3.15. The van der Waals surface area contributed by atoms with Gasteiger partial charge >= 0.3 is 11.9 Å². The average Bonchev–Trinajstić information content (AvgIpc) is 3.33. The number of carbonyl (C=O) groups is 2. The van der Waals surface area contributed by atoms with E-state index in [-0.39, 0.29) is 42.8 Å². The summed E-state index contributed by atoms with van der Waals surface area (Å²) in [6, 6.07) is 11.9. The maximum absolute atomic E-state index is 13.7. The van der Waals surface area contributed by atoms with E-state index >= 15 is 0 Å². The van der Waals surface area contributed by atoms with Crippen molar-refractivity contribution in [2.24, 2.45) is 5.92 Å². The zero-order valence-electron chi connectivity index (χ0n) is 27.7. The number of rotatable bonds is 10. The largest absolute Gasteiger partial charge is 0.493 e. The number of fused-ring (bicyclic) bond motifs is 2. The van der Waals surface area contributed by atoms with E-state index in [9.17, 15) is 18.0 Å². The number of esters is 2. The molecule has 0 aliphatic carbocycles. The van der Waals surface area contributed by atoms with Gasteiger partial charge in [0.2, 0.25) is 0 Å². The molecule has 0 saturated carbocycles. The molecule has 11 nitrogen and oxygen atoms in total. The highest BCUT2D eigenvalue weighted by molar-refractivity contribution is 7.90. The Kier molecular flexibility index (Phi) is 12.2. The van der Waals surface area contributed by atoms with Crippen molar-refractivity contribution < 1.29 is 51.2 Å². The molecular weight excluding hydrogens is 628 g/mol. The van der Waals surface area contributed by atoms with Gasteiger partial charge in [-0.25, -0.2) is 18.0 Å². The molecule has 2 aromatic carbocycles. The summed E-state index contributed by atoms with van der Waals surface area (Å²) in [6.45, 7) is 7.27. The van der Waals surface area contributed by atoms with Crippen molar-refractivity contribution >= 4 is 27.9 Å². The first-order valence-electron chi connectivity index (χ1n) is 15.5. The van der Waals surface area contributed by atoms with Crippen LogP contribution >= 0.6 is 0 Å². The summed E-state index contributed by atoms with van der Waals surface area (Å²) in [6.07, 6.45) is 6.44. The molecule has 12 heteroatoms. The molecule has 0 N–H and O–H groups in total. The summed E-state index contributed by atoms with van der Waals surface area (Å²) in [5.41, 5.74) is 1.04. The Bertz CT molecular complexity index is 1550. The zero-order chi connectivity index (χ0) is 34.2. The third kappa shape index (κ3) is 10.4. The molecule has 0 aromatic heterocycles. The van der Waals surface area contributed by atoms with Crippen molar-refractivity contribution in [1.29, 1.82) is 0 Å². The van der Waals surface area contributed by atoms with Gasteiger partial charge in [0.15, 0.2) is 12.6 Å². The molecule has 0 amide bonds. The van der Waals surface area contributed by atoms with E-state index in [1.807, 2.05) is 25.1 Å². The lowest BCUT2D eigenvalue weighted by Gasteiger charge is -2.25. The zero-order valence-corrected chi connectivity index (χ0v) is 28.5. The van der Waals surface area contributed by atoms with Crippen LogP contribution in [0, 0.1) is 5.92 Å². The van der Waals surface area contributed by atoms with Gasteiger partial charge in [-0.1, -0.05) is 43.4 Å². The second-order valence-corrected chi connectivity index (χ2v) is 14.4. The Morgan fingerprint density at radius 2 is 1.79 bits per heavy atom. The van der Waals surface area contributed by atoms with E-state index in [0.29, 0.717) is 23.3 Å². The van der Waals surface area contributed by atoms with Gasteiger partial charge in [-0.3, -0.25) is 0 Å². The van der Waals surface area contributed by atoms with E-state index in [1.165, 1.54) is 13.4 Å². The van der Waals surface area contributed by atoms with Crippen molar-refractivity contribution in [3.05, 3.63) is 77.4 Å². The van der Waals surface area contributed by atoms with Crippen LogP contribution < -0.4 is 9.47 Å². The first-order valence-corrected chi connectivity index (χ1v) is 17.6. The molecular formula is C35H44O11S. The minimum absolute atomic E-state index is 0.0235. The SMILES string of the molecule is COCOc1cc(OCCCS(C)(=O)=O)cc2c1C(=O)O[C@@H](C)[C@H](C)/C=C\C(OC(=O)c1ccccc1)C1OC(C)(C)O[C@H]1CC=C2. The first kappa shape index (κ1) is 36.1. The maximum atomic E-state index is 13.7. The number of carbonyl (C=O) groups excluding carboxylic acids is 2. The third-order valence-electron chi connectivity index (χ3n) is 7.67. The van der Waals surface area contributed by atoms with Crippen LogP contribution in [0.3, 0.4) is 0 Å². The molecule has 5 atom stereocenters. The molecule has 2 unspecified atom stereocenters. The Morgan fingerprint density at radius 1 is 1.04 bits per heavy atom. The third-order valence-corrected chi connectivity index (χ3v) is 8.70. The van der Waals surface area contributed by atoms with Gasteiger partial charge in [0.1, 0.15) is 45.2 Å². The van der Waals surface area contributed by atoms with Gasteiger partial charge in [0, 0.05) is 25.3 Å². The number of sulfone groups is 1. The lowest BCUT2D eigenvalue weighted by molar-refractivity contribution is -0.152. The van der Waals surface area contributed by atoms with Gasteiger partial charge in [-0.2, -0.15) is 0 Å². The minimum Gasteiger partial charge on any atom is -0.493 e. The van der Waals surface area contributed by atoms with Gasteiger partial charge in [-0.05, 0) is 63.5 Å². The van der Waals surface area contributed by atoms with Crippen molar-refractivity contribution in [2.45, 2.75) is 70.7 Å². The summed E-state index contributed by atoms with van der Waals surface area (Å²) in [7, 11) is -1.68. The predicted molar refractivity (Wildman–Crippen MR) is 175 cm³/mol. The molecule has 47 heavy (non-hydrogen) atoms. The van der Waals surface area contributed by atoms with Crippen LogP contribution in [0.15, 0.2) is 60.7 Å². The number of ether oxygens (including phenoxy) is 7. The van der Waals surface area contributed by atoms with Gasteiger partial charge in [0.25, 0.3) is 0 Å². The molecule has 4 rings (SSSR count). The van der Waals surface area contributed by atoms with Crippen molar-refractivity contribution in [2.75, 3.05) is 32.5 Å². The molecule has 2 aliphatic heterocycles. The molecule has 1 fully saturated rings. The predicted octanol–water partition coefficient (Wildman–Crippen LogP) is 5.38. The van der Waals surface area contributed by atoms with Crippen LogP contribution in [0.25, 0.3) is 6.08 Å². The van der Waals surface area contributed by atoms with Crippen molar-refractivity contribution in [3.8, 4) is 11.5 Å². The van der Waals surface area contributed by atoms with Crippen LogP contribution in [-0.2, 0) is 33.5 Å². The molecule has 2 heterocycles. The Hall–Kier alpha value is -3.71.